The van der Waals surface area contributed by atoms with Crippen molar-refractivity contribution in [1.82, 2.24) is 36.8 Å². The zero-order valence-electron chi connectivity index (χ0n) is 71.8. The number of phenols is 3. The van der Waals surface area contributed by atoms with Crippen molar-refractivity contribution in [2.75, 3.05) is 20.8 Å². The number of alkyl carbamates (subject to hydrolysis) is 1. The zero-order chi connectivity index (χ0) is 94.9. The van der Waals surface area contributed by atoms with Crippen LogP contribution in [0.4, 0.5) is 9.59 Å². The van der Waals surface area contributed by atoms with Gasteiger partial charge in [-0.2, -0.15) is 0 Å². The Bertz CT molecular complexity index is 5540. The molecular weight excluding hydrogens is 1760 g/mol. The summed E-state index contributed by atoms with van der Waals surface area (Å²) in [6, 6.07) is 18.0. The molecule has 7 heterocycles. The molecule has 131 heavy (non-hydrogen) atoms. The monoisotopic (exact) mass is 1850 g/mol. The molecule has 0 aliphatic carbocycles. The number of aliphatic hydroxyl groups excluding tert-OH is 3. The highest BCUT2D eigenvalue weighted by molar-refractivity contribution is 6.32. The number of methoxy groups -OCH3 is 1. The van der Waals surface area contributed by atoms with Crippen molar-refractivity contribution in [2.45, 2.75) is 191 Å². The number of halogens is 2. The topological polar surface area (TPSA) is 555 Å². The van der Waals surface area contributed by atoms with E-state index in [4.69, 9.17) is 85.8 Å². The van der Waals surface area contributed by atoms with E-state index in [9.17, 15) is 64.2 Å². The van der Waals surface area contributed by atoms with Gasteiger partial charge in [-0.25, -0.2) is 14.4 Å². The molecule has 0 aromatic heterocycles. The fourth-order valence-corrected chi connectivity index (χ4v) is 16.4. The van der Waals surface area contributed by atoms with Crippen LogP contribution >= 0.6 is 23.2 Å². The number of likely N-dealkylation sites (N-methyl/N-ethyl adjacent to an activating group) is 1. The number of fused-ring (bicyclic) bond motifs is 15. The first-order chi connectivity index (χ1) is 62.2. The molecule has 8 amide bonds. The van der Waals surface area contributed by atoms with E-state index in [0.29, 0.717) is 11.1 Å². The molecule has 2 saturated heterocycles. The number of rotatable bonds is 21. The second-order valence-electron chi connectivity index (χ2n) is 32.4. The lowest BCUT2D eigenvalue weighted by Gasteiger charge is -2.49. The number of Topliss-reactive ketones (excluding diaryl/α,β-unsaturated/α-hetero) is 1. The molecule has 14 rings (SSSR count). The molecule has 11 bridgehead atoms. The molecule has 2 fully saturated rings. The van der Waals surface area contributed by atoms with E-state index >= 15 is 28.8 Å². The summed E-state index contributed by atoms with van der Waals surface area (Å²) in [7, 11) is 2.18. The van der Waals surface area contributed by atoms with Gasteiger partial charge < -0.3 is 125 Å². The van der Waals surface area contributed by atoms with Gasteiger partial charge in [-0.05, 0) is 114 Å². The first kappa shape index (κ1) is 96.7. The Morgan fingerprint density at radius 1 is 0.641 bits per heavy atom. The van der Waals surface area contributed by atoms with Crippen LogP contribution in [0.3, 0.4) is 0 Å². The van der Waals surface area contributed by atoms with Gasteiger partial charge in [0.15, 0.2) is 54.0 Å². The largest absolute Gasteiger partial charge is 0.508 e. The molecule has 0 radical (unpaired) electrons. The number of esters is 4. The second kappa shape index (κ2) is 41.6. The van der Waals surface area contributed by atoms with Gasteiger partial charge in [-0.15, -0.1) is 0 Å². The molecule has 696 valence electrons. The van der Waals surface area contributed by atoms with Gasteiger partial charge in [0.1, 0.15) is 84.4 Å². The summed E-state index contributed by atoms with van der Waals surface area (Å²) >= 11 is 14.6. The van der Waals surface area contributed by atoms with Gasteiger partial charge in [0.05, 0.1) is 53.8 Å². The molecule has 0 saturated carbocycles. The number of aliphatic hydroxyl groups is 3. The third kappa shape index (κ3) is 22.7. The molecule has 14 N–H and O–H groups in total. The van der Waals surface area contributed by atoms with Gasteiger partial charge in [0.25, 0.3) is 0 Å². The number of aromatic hydroxyl groups is 3. The van der Waals surface area contributed by atoms with Crippen molar-refractivity contribution in [3.63, 3.8) is 0 Å². The number of phenolic OH excluding ortho intramolecular Hbond substituents is 3. The number of benzene rings is 7. The van der Waals surface area contributed by atoms with Crippen LogP contribution in [-0.4, -0.2) is 206 Å². The third-order valence-electron chi connectivity index (χ3n) is 22.2. The number of hydrogen-bond donors (Lipinski definition) is 13. The van der Waals surface area contributed by atoms with Gasteiger partial charge in [0.2, 0.25) is 47.5 Å². The van der Waals surface area contributed by atoms with Crippen LogP contribution in [0.2, 0.25) is 10.0 Å². The standard InChI is InChI=1S/C90H96Cl2N8O31/c1-40(2)26-58(100(8)89(119)122-39-46-18-14-11-15-19-46)83(114)98-73-75(111)49-22-25-63(56(92)29-49)128-65-31-50-30-64(76(65)131-87-79(78(125-43(5)103)77(124-42(4)102)66(37-101)129-87)130-68-36-90(7,80(41(3)123-68)126-44(6)104)99-88(118)121-38-45-16-12-10-13-17-45)127-62-24-21-48(28-55(62)91)74(110)54-34-61(108)70(95-84(115)71(50)96-82(113)57(35-67(93)109)94-85(73)116)47-20-23-59(106)52(27-47)69-53(32-51(105)33-60(69)107)72(86(117)120-9)97-81(54)112/h10-25,27-33,40-41,54,57-58,66,68,70-75,77-80,87,101,105-107,110-111H,26,34-39H2,1-9H3,(H2,93,109)(H,94,116)(H,95,115)(H,96,113)(H,97,112)(H,98,114)(H,99,118)/t41-,54-,57-,58+,66+,68-,70+,71+,72?,73+,74-,75+,77+,78-,79+,80+,87-,90-/m0/s1. The fourth-order valence-electron chi connectivity index (χ4n) is 16.0. The molecule has 41 heteroatoms. The summed E-state index contributed by atoms with van der Waals surface area (Å²) in [4.78, 5) is 191. The molecule has 39 nitrogen and oxygen atoms in total. The average Bonchev–Trinajstić information content (AvgIpc) is 0.759. The van der Waals surface area contributed by atoms with Crippen molar-refractivity contribution in [1.29, 1.82) is 0 Å². The van der Waals surface area contributed by atoms with E-state index in [2.05, 4.69) is 31.9 Å². The Kier molecular flexibility index (Phi) is 30.7. The Labute approximate surface area is 757 Å². The van der Waals surface area contributed by atoms with Crippen molar-refractivity contribution in [2.24, 2.45) is 17.6 Å². The van der Waals surface area contributed by atoms with E-state index in [-0.39, 0.29) is 42.2 Å². The predicted molar refractivity (Wildman–Crippen MR) is 454 cm³/mol. The normalized spacial score (nSPS) is 25.0. The zero-order valence-corrected chi connectivity index (χ0v) is 73.3. The summed E-state index contributed by atoms with van der Waals surface area (Å²) in [5.74, 6) is -21.3. The van der Waals surface area contributed by atoms with Crippen LogP contribution in [-0.2, 0) is 109 Å². The number of ether oxygens (including phenoxy) is 12. The van der Waals surface area contributed by atoms with Gasteiger partial charge in [-0.3, -0.25) is 52.8 Å². The van der Waals surface area contributed by atoms with Gasteiger partial charge in [-0.1, -0.05) is 116 Å². The summed E-state index contributed by atoms with van der Waals surface area (Å²) in [5.41, 5.74) is 2.55. The lowest BCUT2D eigenvalue weighted by molar-refractivity contribution is -0.336. The average molecular weight is 1860 g/mol. The van der Waals surface area contributed by atoms with E-state index in [1.165, 1.54) is 27.0 Å². The van der Waals surface area contributed by atoms with Crippen LogP contribution in [0.5, 0.6) is 46.0 Å². The number of ketones is 1. The van der Waals surface area contributed by atoms with Crippen molar-refractivity contribution in [3.05, 3.63) is 189 Å². The summed E-state index contributed by atoms with van der Waals surface area (Å²) in [6.45, 7) is 7.84. The Morgan fingerprint density at radius 3 is 1.81 bits per heavy atom. The Hall–Kier alpha value is -13.4. The maximum atomic E-state index is 16.6. The van der Waals surface area contributed by atoms with E-state index in [1.807, 2.05) is 0 Å². The smallest absolute Gasteiger partial charge is 0.410 e. The molecule has 7 aliphatic heterocycles. The maximum Gasteiger partial charge on any atom is 0.410 e. The van der Waals surface area contributed by atoms with Crippen LogP contribution in [0.15, 0.2) is 140 Å². The minimum Gasteiger partial charge on any atom is -0.508 e. The number of carbonyl (C=O) groups is 13. The minimum atomic E-state index is -2.46. The van der Waals surface area contributed by atoms with Crippen LogP contribution in [0, 0.1) is 11.8 Å². The predicted octanol–water partition coefficient (Wildman–Crippen LogP) is 7.01. The summed E-state index contributed by atoms with van der Waals surface area (Å²) in [5, 5.41) is 85.9. The molecular formula is C90H96Cl2N8O31. The molecule has 18 atom stereocenters. The lowest BCUT2D eigenvalue weighted by Crippen LogP contribution is -2.67. The highest BCUT2D eigenvalue weighted by atomic mass is 35.5. The number of amides is 8. The number of nitrogens with zero attached hydrogens (tertiary/aromatic N) is 1. The van der Waals surface area contributed by atoms with Crippen LogP contribution < -0.4 is 51.8 Å². The highest BCUT2D eigenvalue weighted by Gasteiger charge is 2.57. The quantitative estimate of drug-likeness (QED) is 0.0254. The fraction of sp³-hybridized carbons (Fsp3) is 0.389. The van der Waals surface area contributed by atoms with Gasteiger partial charge in [0, 0.05) is 63.4 Å². The van der Waals surface area contributed by atoms with Crippen molar-refractivity contribution in [3.8, 4) is 57.1 Å². The van der Waals surface area contributed by atoms with E-state index in [0.717, 1.165) is 106 Å². The maximum absolute atomic E-state index is 16.6. The Morgan fingerprint density at radius 2 is 1.23 bits per heavy atom. The van der Waals surface area contributed by atoms with E-state index < -0.39 is 291 Å². The highest BCUT2D eigenvalue weighted by Crippen LogP contribution is 2.51. The molecule has 0 spiro atoms. The lowest BCUT2D eigenvalue weighted by atomic mass is 9.84. The molecule has 7 aromatic rings. The number of hydrogen-bond acceptors (Lipinski definition) is 31. The second-order valence-corrected chi connectivity index (χ2v) is 33.2. The summed E-state index contributed by atoms with van der Waals surface area (Å²) in [6.07, 6.45) is -23.6. The van der Waals surface area contributed by atoms with Crippen LogP contribution in [0.1, 0.15) is 143 Å². The number of carbonyl (C=O) groups excluding carboxylic acids is 13. The van der Waals surface area contributed by atoms with Gasteiger partial charge >= 0.3 is 36.1 Å². The number of nitrogens with two attached hydrogens (primary N) is 1. The van der Waals surface area contributed by atoms with Crippen molar-refractivity contribution < 1.29 is 150 Å². The minimum absolute atomic E-state index is 0.109. The van der Waals surface area contributed by atoms with Crippen molar-refractivity contribution >= 4 is 100 Å². The molecule has 7 aliphatic rings. The SMILES string of the molecule is COC(=O)C1NC(=O)[C@H]2CC(=O)[C@H](NC(=O)[C@@H]3NC(=O)[C@H](CC(N)=O)NC(=O)[C@H](NC(=O)[C@@H](CC(C)C)N(C)C(=O)OCc4ccccc4)[C@H](O)c4ccc(c(Cl)c4)Oc4cc3cc(c4O[C@@H]3O[C@H](CO)[C@@H](OC(C)=O)[C@H](OC(C)=O)[C@H]3O[C@H]3C[C@](C)(NC(=O)OCc4ccccc4)[C@H](OC(C)=O)[C@H](C)O3)Oc3ccc(cc3Cl)[C@@H]2O)c2ccc(O)c(c2)-c2c(O)cc(O)cc21. The first-order valence-electron chi connectivity index (χ1n) is 41.2. The first-order valence-corrected chi connectivity index (χ1v) is 41.9. The Balaban J connectivity index is 1.08. The summed E-state index contributed by atoms with van der Waals surface area (Å²) < 4.78 is 74.5. The molecule has 1 unspecified atom stereocenters. The number of primary amides is 1. The molecule has 7 aromatic carbocycles. The third-order valence-corrected chi connectivity index (χ3v) is 22.8. The van der Waals surface area contributed by atoms with Crippen LogP contribution in [0.25, 0.3) is 11.1 Å². The number of nitrogens with one attached hydrogen (secondary N) is 6. The van der Waals surface area contributed by atoms with E-state index in [1.54, 1.807) is 74.5 Å².